The Morgan fingerprint density at radius 3 is 2.56 bits per heavy atom. The second kappa shape index (κ2) is 4.79. The van der Waals surface area contributed by atoms with Gasteiger partial charge in [-0.3, -0.25) is 4.79 Å². The van der Waals surface area contributed by atoms with Crippen LogP contribution in [0.25, 0.3) is 5.69 Å². The molecule has 18 heavy (non-hydrogen) atoms. The van der Waals surface area contributed by atoms with Gasteiger partial charge in [-0.1, -0.05) is 12.1 Å². The SMILES string of the molecule is CCc1c(C=O)nnn1-c1ccc(C(=O)O)cc1. The van der Waals surface area contributed by atoms with Crippen LogP contribution in [0.15, 0.2) is 24.3 Å². The number of benzene rings is 1. The number of hydrogen-bond acceptors (Lipinski definition) is 4. The van der Waals surface area contributed by atoms with Gasteiger partial charge in [-0.15, -0.1) is 5.10 Å². The highest BCUT2D eigenvalue weighted by molar-refractivity contribution is 5.87. The number of carbonyl (C=O) groups excluding carboxylic acids is 1. The Bertz CT molecular complexity index is 587. The first-order chi connectivity index (χ1) is 8.67. The molecule has 2 aromatic rings. The van der Waals surface area contributed by atoms with Crippen molar-refractivity contribution in [2.75, 3.05) is 0 Å². The Morgan fingerprint density at radius 1 is 1.39 bits per heavy atom. The van der Waals surface area contributed by atoms with Crippen LogP contribution in [-0.2, 0) is 6.42 Å². The molecule has 6 nitrogen and oxygen atoms in total. The highest BCUT2D eigenvalue weighted by Gasteiger charge is 2.12. The molecule has 0 atom stereocenters. The van der Waals surface area contributed by atoms with Gasteiger partial charge in [-0.2, -0.15) is 0 Å². The largest absolute Gasteiger partial charge is 0.478 e. The molecule has 92 valence electrons. The molecule has 2 rings (SSSR count). The minimum atomic E-state index is -0.982. The quantitative estimate of drug-likeness (QED) is 0.821. The monoisotopic (exact) mass is 245 g/mol. The van der Waals surface area contributed by atoms with Gasteiger partial charge < -0.3 is 5.11 Å². The first kappa shape index (κ1) is 12.0. The number of hydrogen-bond donors (Lipinski definition) is 1. The average molecular weight is 245 g/mol. The molecule has 0 saturated heterocycles. The van der Waals surface area contributed by atoms with Crippen LogP contribution in [0.2, 0.25) is 0 Å². The summed E-state index contributed by atoms with van der Waals surface area (Å²) in [5.74, 6) is -0.982. The summed E-state index contributed by atoms with van der Waals surface area (Å²) >= 11 is 0. The molecule has 0 aliphatic heterocycles. The lowest BCUT2D eigenvalue weighted by atomic mass is 10.2. The molecule has 1 heterocycles. The van der Waals surface area contributed by atoms with E-state index in [9.17, 15) is 9.59 Å². The second-order valence-corrected chi connectivity index (χ2v) is 3.66. The molecule has 1 N–H and O–H groups in total. The van der Waals surface area contributed by atoms with Crippen LogP contribution in [-0.4, -0.2) is 32.4 Å². The van der Waals surface area contributed by atoms with Crippen LogP contribution in [0, 0.1) is 0 Å². The highest BCUT2D eigenvalue weighted by Crippen LogP contribution is 2.13. The second-order valence-electron chi connectivity index (χ2n) is 3.66. The molecule has 0 aliphatic rings. The maximum Gasteiger partial charge on any atom is 0.335 e. The Morgan fingerprint density at radius 2 is 2.06 bits per heavy atom. The van der Waals surface area contributed by atoms with Gasteiger partial charge in [0, 0.05) is 0 Å². The van der Waals surface area contributed by atoms with Gasteiger partial charge >= 0.3 is 5.97 Å². The highest BCUT2D eigenvalue weighted by atomic mass is 16.4. The fraction of sp³-hybridized carbons (Fsp3) is 0.167. The van der Waals surface area contributed by atoms with E-state index in [1.807, 2.05) is 6.92 Å². The van der Waals surface area contributed by atoms with Gasteiger partial charge in [0.25, 0.3) is 0 Å². The number of carboxylic acids is 1. The predicted octanol–water partition coefficient (Wildman–Crippen LogP) is 1.34. The molecule has 0 saturated carbocycles. The Balaban J connectivity index is 2.45. The van der Waals surface area contributed by atoms with Crippen LogP contribution in [0.5, 0.6) is 0 Å². The normalized spacial score (nSPS) is 10.3. The summed E-state index contributed by atoms with van der Waals surface area (Å²) in [4.78, 5) is 21.5. The summed E-state index contributed by atoms with van der Waals surface area (Å²) in [6.07, 6.45) is 1.27. The minimum Gasteiger partial charge on any atom is -0.478 e. The molecule has 0 fully saturated rings. The van der Waals surface area contributed by atoms with Gasteiger partial charge in [0.15, 0.2) is 6.29 Å². The standard InChI is InChI=1S/C12H11N3O3/c1-2-11-10(7-16)13-14-15(11)9-5-3-8(4-6-9)12(17)18/h3-7H,2H2,1H3,(H,17,18). The molecule has 1 aromatic heterocycles. The molecule has 6 heteroatoms. The summed E-state index contributed by atoms with van der Waals surface area (Å²) in [6.45, 7) is 1.90. The molecule has 0 aliphatic carbocycles. The Kier molecular flexibility index (Phi) is 3.18. The third-order valence-electron chi connectivity index (χ3n) is 2.60. The fourth-order valence-corrected chi connectivity index (χ4v) is 1.69. The van der Waals surface area contributed by atoms with Gasteiger partial charge in [-0.25, -0.2) is 9.48 Å². The Hall–Kier alpha value is -2.50. The van der Waals surface area contributed by atoms with E-state index in [1.165, 1.54) is 16.8 Å². The molecule has 0 unspecified atom stereocenters. The number of nitrogens with zero attached hydrogens (tertiary/aromatic N) is 3. The lowest BCUT2D eigenvalue weighted by molar-refractivity contribution is 0.0696. The van der Waals surface area contributed by atoms with Crippen LogP contribution < -0.4 is 0 Å². The van der Waals surface area contributed by atoms with Crippen LogP contribution in [0.4, 0.5) is 0 Å². The van der Waals surface area contributed by atoms with Crippen LogP contribution in [0.1, 0.15) is 33.5 Å². The Labute approximate surface area is 103 Å². The number of rotatable bonds is 4. The number of carboxylic acid groups (broad SMARTS) is 1. The molecule has 0 amide bonds. The van der Waals surface area contributed by atoms with Crippen molar-refractivity contribution in [1.82, 2.24) is 15.0 Å². The number of carbonyl (C=O) groups is 2. The third kappa shape index (κ3) is 2.00. The first-order valence-corrected chi connectivity index (χ1v) is 5.40. The molecule has 0 spiro atoms. The van der Waals surface area contributed by atoms with E-state index >= 15 is 0 Å². The topological polar surface area (TPSA) is 85.1 Å². The summed E-state index contributed by atoms with van der Waals surface area (Å²) in [5.41, 5.74) is 1.89. The van der Waals surface area contributed by atoms with E-state index in [1.54, 1.807) is 12.1 Å². The fourth-order valence-electron chi connectivity index (χ4n) is 1.69. The molecule has 0 bridgehead atoms. The van der Waals surface area contributed by atoms with Crippen molar-refractivity contribution in [3.05, 3.63) is 41.2 Å². The van der Waals surface area contributed by atoms with Crippen molar-refractivity contribution < 1.29 is 14.7 Å². The van der Waals surface area contributed by atoms with Gasteiger partial charge in [0.2, 0.25) is 0 Å². The van der Waals surface area contributed by atoms with E-state index in [2.05, 4.69) is 10.3 Å². The third-order valence-corrected chi connectivity index (χ3v) is 2.60. The van der Waals surface area contributed by atoms with Crippen LogP contribution >= 0.6 is 0 Å². The lowest BCUT2D eigenvalue weighted by Gasteiger charge is -2.04. The predicted molar refractivity (Wildman–Crippen MR) is 63.1 cm³/mol. The number of aldehydes is 1. The molecular weight excluding hydrogens is 234 g/mol. The number of aromatic nitrogens is 3. The van der Waals surface area contributed by atoms with E-state index in [0.717, 1.165) is 0 Å². The summed E-state index contributed by atoms with van der Waals surface area (Å²) < 4.78 is 1.54. The first-order valence-electron chi connectivity index (χ1n) is 5.40. The molecular formula is C12H11N3O3. The summed E-state index contributed by atoms with van der Waals surface area (Å²) in [5, 5.41) is 16.5. The zero-order valence-corrected chi connectivity index (χ0v) is 9.70. The summed E-state index contributed by atoms with van der Waals surface area (Å²) in [6, 6.07) is 6.23. The maximum absolute atomic E-state index is 10.8. The van der Waals surface area contributed by atoms with Crippen molar-refractivity contribution in [3.63, 3.8) is 0 Å². The van der Waals surface area contributed by atoms with E-state index in [0.29, 0.717) is 29.8 Å². The smallest absolute Gasteiger partial charge is 0.335 e. The zero-order chi connectivity index (χ0) is 13.1. The van der Waals surface area contributed by atoms with E-state index in [-0.39, 0.29) is 5.56 Å². The number of aromatic carboxylic acids is 1. The minimum absolute atomic E-state index is 0.201. The van der Waals surface area contributed by atoms with Crippen molar-refractivity contribution in [2.24, 2.45) is 0 Å². The van der Waals surface area contributed by atoms with E-state index in [4.69, 9.17) is 5.11 Å². The molecule has 1 aromatic carbocycles. The van der Waals surface area contributed by atoms with Crippen LogP contribution in [0.3, 0.4) is 0 Å². The summed E-state index contributed by atoms with van der Waals surface area (Å²) in [7, 11) is 0. The molecule has 0 radical (unpaired) electrons. The maximum atomic E-state index is 10.8. The van der Waals surface area contributed by atoms with Gasteiger partial charge in [0.1, 0.15) is 5.69 Å². The van der Waals surface area contributed by atoms with Crippen molar-refractivity contribution in [2.45, 2.75) is 13.3 Å². The van der Waals surface area contributed by atoms with Crippen molar-refractivity contribution in [1.29, 1.82) is 0 Å². The van der Waals surface area contributed by atoms with E-state index < -0.39 is 5.97 Å². The average Bonchev–Trinajstić information content (AvgIpc) is 2.81. The van der Waals surface area contributed by atoms with Crippen molar-refractivity contribution in [3.8, 4) is 5.69 Å². The zero-order valence-electron chi connectivity index (χ0n) is 9.70. The van der Waals surface area contributed by atoms with Crippen molar-refractivity contribution >= 4 is 12.3 Å². The van der Waals surface area contributed by atoms with Gasteiger partial charge in [0.05, 0.1) is 16.9 Å². The van der Waals surface area contributed by atoms with Gasteiger partial charge in [-0.05, 0) is 30.7 Å². The lowest BCUT2D eigenvalue weighted by Crippen LogP contribution is -2.03.